The Bertz CT molecular complexity index is 600. The first-order chi connectivity index (χ1) is 10.3. The van der Waals surface area contributed by atoms with Gasteiger partial charge in [0.05, 0.1) is 0 Å². The predicted octanol–water partition coefficient (Wildman–Crippen LogP) is 4.70. The molecule has 0 N–H and O–H groups in total. The summed E-state index contributed by atoms with van der Waals surface area (Å²) in [5.74, 6) is 0.846. The zero-order valence-corrected chi connectivity index (χ0v) is 12.4. The van der Waals surface area contributed by atoms with E-state index in [1.165, 1.54) is 29.5 Å². The summed E-state index contributed by atoms with van der Waals surface area (Å²) >= 11 is 0. The van der Waals surface area contributed by atoms with Crippen LogP contribution in [0.25, 0.3) is 0 Å². The van der Waals surface area contributed by atoms with E-state index in [0.29, 0.717) is 24.5 Å². The van der Waals surface area contributed by atoms with E-state index in [-0.39, 0.29) is 0 Å². The first kappa shape index (κ1) is 14.1. The smallest absolute Gasteiger partial charge is 0.133 e. The zero-order chi connectivity index (χ0) is 14.5. The van der Waals surface area contributed by atoms with Crippen molar-refractivity contribution in [1.29, 1.82) is 0 Å². The fourth-order valence-electron chi connectivity index (χ4n) is 3.37. The van der Waals surface area contributed by atoms with Crippen LogP contribution in [0, 0.1) is 0 Å². The van der Waals surface area contributed by atoms with Gasteiger partial charge in [-0.15, -0.1) is 0 Å². The summed E-state index contributed by atoms with van der Waals surface area (Å²) in [6, 6.07) is 18.9. The van der Waals surface area contributed by atoms with Gasteiger partial charge >= 0.3 is 0 Å². The summed E-state index contributed by atoms with van der Waals surface area (Å²) < 4.78 is 0. The van der Waals surface area contributed by atoms with Crippen LogP contribution < -0.4 is 0 Å². The highest BCUT2D eigenvalue weighted by Gasteiger charge is 2.21. The molecule has 0 bridgehead atoms. The predicted molar refractivity (Wildman–Crippen MR) is 86.5 cm³/mol. The van der Waals surface area contributed by atoms with Crippen molar-refractivity contribution in [2.24, 2.45) is 0 Å². The molecule has 0 amide bonds. The minimum atomic E-state index is 0.403. The third-order valence-corrected chi connectivity index (χ3v) is 4.50. The van der Waals surface area contributed by atoms with Crippen molar-refractivity contribution >= 4 is 5.78 Å². The number of fused-ring (bicyclic) bond motifs is 1. The molecule has 2 aromatic rings. The van der Waals surface area contributed by atoms with Crippen molar-refractivity contribution in [3.8, 4) is 0 Å². The molecule has 2 aromatic carbocycles. The summed E-state index contributed by atoms with van der Waals surface area (Å²) in [6.45, 7) is 0. The van der Waals surface area contributed by atoms with E-state index in [0.717, 1.165) is 12.8 Å². The number of rotatable bonds is 5. The molecule has 3 rings (SSSR count). The average Bonchev–Trinajstić information content (AvgIpc) is 2.54. The molecule has 21 heavy (non-hydrogen) atoms. The molecule has 0 heterocycles. The number of ketones is 1. The van der Waals surface area contributed by atoms with Gasteiger partial charge in [-0.25, -0.2) is 0 Å². The highest BCUT2D eigenvalue weighted by molar-refractivity contribution is 5.79. The van der Waals surface area contributed by atoms with E-state index >= 15 is 0 Å². The number of benzene rings is 2. The number of hydrogen-bond acceptors (Lipinski definition) is 1. The molecule has 1 heteroatoms. The molecule has 0 aliphatic heterocycles. The van der Waals surface area contributed by atoms with Gasteiger partial charge in [-0.05, 0) is 48.3 Å². The van der Waals surface area contributed by atoms with Gasteiger partial charge in [0.1, 0.15) is 5.78 Å². The Morgan fingerprint density at radius 2 is 1.76 bits per heavy atom. The standard InChI is InChI=1S/C20H22O/c21-19(14-13-16-7-2-1-3-8-16)15-18-11-6-10-17-9-4-5-12-20(17)18/h1-5,7-9,12,18H,6,10-11,13-15H2. The van der Waals surface area contributed by atoms with Crippen molar-refractivity contribution in [3.05, 3.63) is 71.3 Å². The van der Waals surface area contributed by atoms with Crippen LogP contribution >= 0.6 is 0 Å². The Hall–Kier alpha value is -1.89. The molecule has 1 unspecified atom stereocenters. The Kier molecular flexibility index (Phi) is 4.49. The van der Waals surface area contributed by atoms with Gasteiger partial charge in [-0.2, -0.15) is 0 Å². The molecule has 0 saturated heterocycles. The lowest BCUT2D eigenvalue weighted by Crippen LogP contribution is -2.14. The summed E-state index contributed by atoms with van der Waals surface area (Å²) in [6.07, 6.45) is 5.80. The van der Waals surface area contributed by atoms with Crippen LogP contribution in [0.15, 0.2) is 54.6 Å². The number of carbonyl (C=O) groups excluding carboxylic acids is 1. The Morgan fingerprint density at radius 1 is 1.00 bits per heavy atom. The molecule has 108 valence electrons. The Morgan fingerprint density at radius 3 is 2.62 bits per heavy atom. The number of hydrogen-bond donors (Lipinski definition) is 0. The molecule has 0 aromatic heterocycles. The molecule has 1 atom stereocenters. The van der Waals surface area contributed by atoms with Crippen LogP contribution in [0.2, 0.25) is 0 Å². The SMILES string of the molecule is O=C(CCc1ccccc1)CC1CCCc2ccccc21. The molecule has 0 fully saturated rings. The lowest BCUT2D eigenvalue weighted by atomic mass is 9.80. The number of aryl methyl sites for hydroxylation is 2. The molecule has 0 spiro atoms. The fraction of sp³-hybridized carbons (Fsp3) is 0.350. The zero-order valence-electron chi connectivity index (χ0n) is 12.4. The summed E-state index contributed by atoms with van der Waals surface area (Å²) in [7, 11) is 0. The van der Waals surface area contributed by atoms with Gasteiger partial charge in [-0.3, -0.25) is 4.79 Å². The second kappa shape index (κ2) is 6.71. The maximum atomic E-state index is 12.3. The maximum absolute atomic E-state index is 12.3. The van der Waals surface area contributed by atoms with Gasteiger partial charge in [-0.1, -0.05) is 54.6 Å². The lowest BCUT2D eigenvalue weighted by Gasteiger charge is -2.24. The lowest BCUT2D eigenvalue weighted by molar-refractivity contribution is -0.119. The van der Waals surface area contributed by atoms with Gasteiger partial charge in [0.2, 0.25) is 0 Å². The molecule has 1 aliphatic carbocycles. The topological polar surface area (TPSA) is 17.1 Å². The largest absolute Gasteiger partial charge is 0.300 e. The monoisotopic (exact) mass is 278 g/mol. The van der Waals surface area contributed by atoms with Crippen LogP contribution in [0.4, 0.5) is 0 Å². The molecule has 0 radical (unpaired) electrons. The molecule has 1 nitrogen and oxygen atoms in total. The Balaban J connectivity index is 1.58. The van der Waals surface area contributed by atoms with Crippen LogP contribution in [0.1, 0.15) is 48.3 Å². The quantitative estimate of drug-likeness (QED) is 0.775. The number of Topliss-reactive ketones (excluding diaryl/α,β-unsaturated/α-hetero) is 1. The van der Waals surface area contributed by atoms with E-state index in [4.69, 9.17) is 0 Å². The highest BCUT2D eigenvalue weighted by atomic mass is 16.1. The van der Waals surface area contributed by atoms with Crippen molar-refractivity contribution < 1.29 is 4.79 Å². The van der Waals surface area contributed by atoms with E-state index in [2.05, 4.69) is 36.4 Å². The first-order valence-corrected chi connectivity index (χ1v) is 7.96. The van der Waals surface area contributed by atoms with Crippen molar-refractivity contribution in [2.75, 3.05) is 0 Å². The minimum Gasteiger partial charge on any atom is -0.300 e. The van der Waals surface area contributed by atoms with Crippen molar-refractivity contribution in [1.82, 2.24) is 0 Å². The normalized spacial score (nSPS) is 17.2. The minimum absolute atomic E-state index is 0.403. The van der Waals surface area contributed by atoms with Crippen LogP contribution in [0.3, 0.4) is 0 Å². The second-order valence-electron chi connectivity index (χ2n) is 6.02. The summed E-state index contributed by atoms with van der Waals surface area (Å²) in [4.78, 5) is 12.3. The molecule has 0 saturated carbocycles. The maximum Gasteiger partial charge on any atom is 0.133 e. The third kappa shape index (κ3) is 3.60. The van der Waals surface area contributed by atoms with Crippen LogP contribution in [-0.4, -0.2) is 5.78 Å². The van der Waals surface area contributed by atoms with Gasteiger partial charge in [0.15, 0.2) is 0 Å². The first-order valence-electron chi connectivity index (χ1n) is 7.96. The van der Waals surface area contributed by atoms with Gasteiger partial charge < -0.3 is 0 Å². The summed E-state index contributed by atoms with van der Waals surface area (Å²) in [5.41, 5.74) is 4.12. The van der Waals surface area contributed by atoms with Crippen LogP contribution in [0.5, 0.6) is 0 Å². The van der Waals surface area contributed by atoms with Gasteiger partial charge in [0, 0.05) is 12.8 Å². The van der Waals surface area contributed by atoms with E-state index in [1.54, 1.807) is 0 Å². The second-order valence-corrected chi connectivity index (χ2v) is 6.02. The molecular weight excluding hydrogens is 256 g/mol. The van der Waals surface area contributed by atoms with E-state index < -0.39 is 0 Å². The summed E-state index contributed by atoms with van der Waals surface area (Å²) in [5, 5.41) is 0. The molecule has 1 aliphatic rings. The number of carbonyl (C=O) groups is 1. The fourth-order valence-corrected chi connectivity index (χ4v) is 3.37. The van der Waals surface area contributed by atoms with Gasteiger partial charge in [0.25, 0.3) is 0 Å². The third-order valence-electron chi connectivity index (χ3n) is 4.50. The van der Waals surface area contributed by atoms with Crippen molar-refractivity contribution in [2.45, 2.75) is 44.4 Å². The Labute approximate surface area is 127 Å². The van der Waals surface area contributed by atoms with E-state index in [1.807, 2.05) is 18.2 Å². The van der Waals surface area contributed by atoms with Crippen molar-refractivity contribution in [3.63, 3.8) is 0 Å². The molecular formula is C20H22O. The van der Waals surface area contributed by atoms with E-state index in [9.17, 15) is 4.79 Å². The highest BCUT2D eigenvalue weighted by Crippen LogP contribution is 2.34. The van der Waals surface area contributed by atoms with Crippen LogP contribution in [-0.2, 0) is 17.6 Å². The average molecular weight is 278 g/mol.